The van der Waals surface area contributed by atoms with Gasteiger partial charge in [-0.3, -0.25) is 0 Å². The molecule has 2 fully saturated rings. The fraction of sp³-hybridized carbons (Fsp3) is 0.520. The number of thiol groups is 1. The Morgan fingerprint density at radius 2 is 1.34 bits per heavy atom. The second-order valence-electron chi connectivity index (χ2n) is 8.87. The third-order valence-corrected chi connectivity index (χ3v) is 7.66. The van der Waals surface area contributed by atoms with Gasteiger partial charge in [0.05, 0.1) is 0 Å². The van der Waals surface area contributed by atoms with Crippen molar-refractivity contribution in [2.24, 2.45) is 11.8 Å². The van der Waals surface area contributed by atoms with Crippen LogP contribution in [0.1, 0.15) is 68.4 Å². The van der Waals surface area contributed by atoms with Gasteiger partial charge in [-0.05, 0) is 97.9 Å². The molecule has 2 aromatic carbocycles. The quantitative estimate of drug-likeness (QED) is 0.480. The van der Waals surface area contributed by atoms with Crippen molar-refractivity contribution in [1.29, 1.82) is 0 Å². The first kappa shape index (κ1) is 20.8. The van der Waals surface area contributed by atoms with Crippen LogP contribution in [0.15, 0.2) is 36.4 Å². The van der Waals surface area contributed by atoms with Gasteiger partial charge in [-0.15, -0.1) is 0 Å². The van der Waals surface area contributed by atoms with Crippen LogP contribution in [0.4, 0.5) is 13.2 Å². The van der Waals surface area contributed by atoms with Gasteiger partial charge in [0.25, 0.3) is 0 Å². The summed E-state index contributed by atoms with van der Waals surface area (Å²) in [5, 5.41) is 0.608. The molecule has 156 valence electrons. The van der Waals surface area contributed by atoms with Crippen LogP contribution in [0, 0.1) is 23.5 Å². The van der Waals surface area contributed by atoms with E-state index < -0.39 is 18.3 Å². The largest absolute Gasteiger partial charge is 0.246 e. The number of halogens is 3. The summed E-state index contributed by atoms with van der Waals surface area (Å²) in [5.41, 5.74) is 2.40. The summed E-state index contributed by atoms with van der Waals surface area (Å²) < 4.78 is 40.3. The molecule has 0 nitrogen and oxygen atoms in total. The van der Waals surface area contributed by atoms with Gasteiger partial charge in [0.1, 0.15) is 6.67 Å². The maximum atomic E-state index is 13.7. The zero-order chi connectivity index (χ0) is 20.4. The maximum Gasteiger partial charge on any atom is 0.164 e. The van der Waals surface area contributed by atoms with Gasteiger partial charge >= 0.3 is 0 Å². The lowest BCUT2D eigenvalue weighted by Gasteiger charge is -2.37. The normalized spacial score (nSPS) is 27.7. The molecule has 2 aromatic rings. The van der Waals surface area contributed by atoms with Gasteiger partial charge < -0.3 is 0 Å². The Bertz CT molecular complexity index is 817. The van der Waals surface area contributed by atoms with Gasteiger partial charge in [0.2, 0.25) is 0 Å². The molecule has 0 unspecified atom stereocenters. The number of hydrogen-bond acceptors (Lipinski definition) is 1. The van der Waals surface area contributed by atoms with Gasteiger partial charge in [-0.25, -0.2) is 13.2 Å². The van der Waals surface area contributed by atoms with Crippen molar-refractivity contribution in [2.45, 2.75) is 69.2 Å². The molecule has 0 amide bonds. The van der Waals surface area contributed by atoms with E-state index in [-0.39, 0.29) is 5.56 Å². The Morgan fingerprint density at radius 3 is 1.93 bits per heavy atom. The predicted octanol–water partition coefficient (Wildman–Crippen LogP) is 7.86. The van der Waals surface area contributed by atoms with Crippen molar-refractivity contribution in [3.8, 4) is 11.1 Å². The van der Waals surface area contributed by atoms with E-state index in [2.05, 4.69) is 24.8 Å². The van der Waals surface area contributed by atoms with Gasteiger partial charge in [0, 0.05) is 10.8 Å². The first-order valence-electron chi connectivity index (χ1n) is 10.9. The molecule has 0 bridgehead atoms. The third kappa shape index (κ3) is 4.68. The number of alkyl halides is 1. The minimum atomic E-state index is -1.09. The van der Waals surface area contributed by atoms with Crippen LogP contribution in [0.2, 0.25) is 0 Å². The average molecular weight is 419 g/mol. The highest BCUT2D eigenvalue weighted by Crippen LogP contribution is 2.43. The monoisotopic (exact) mass is 418 g/mol. The molecule has 0 atom stereocenters. The van der Waals surface area contributed by atoms with Crippen LogP contribution < -0.4 is 0 Å². The van der Waals surface area contributed by atoms with Crippen molar-refractivity contribution in [2.75, 3.05) is 0 Å². The first-order chi connectivity index (χ1) is 14.0. The molecule has 0 aromatic heterocycles. The molecular formula is C25H29F3S. The van der Waals surface area contributed by atoms with E-state index in [1.807, 2.05) is 12.1 Å². The fourth-order valence-electron chi connectivity index (χ4n) is 5.35. The van der Waals surface area contributed by atoms with Crippen LogP contribution >= 0.6 is 12.6 Å². The molecular weight excluding hydrogens is 389 g/mol. The number of rotatable bonds is 4. The minimum absolute atomic E-state index is 0.227. The van der Waals surface area contributed by atoms with Gasteiger partial charge in [0.15, 0.2) is 11.6 Å². The summed E-state index contributed by atoms with van der Waals surface area (Å²) in [5.74, 6) is 0.248. The summed E-state index contributed by atoms with van der Waals surface area (Å²) >= 11 is 4.63. The van der Waals surface area contributed by atoms with E-state index in [1.54, 1.807) is 0 Å². The lowest BCUT2D eigenvalue weighted by Crippen LogP contribution is -2.25. The molecule has 2 aliphatic rings. The third-order valence-electron chi connectivity index (χ3n) is 7.14. The van der Waals surface area contributed by atoms with Crippen LogP contribution in [0.3, 0.4) is 0 Å². The van der Waals surface area contributed by atoms with E-state index in [0.29, 0.717) is 16.7 Å². The van der Waals surface area contributed by atoms with Crippen molar-refractivity contribution in [3.63, 3.8) is 0 Å². The molecule has 29 heavy (non-hydrogen) atoms. The molecule has 0 radical (unpaired) electrons. The molecule has 4 heteroatoms. The lowest BCUT2D eigenvalue weighted by molar-refractivity contribution is 0.188. The highest BCUT2D eigenvalue weighted by atomic mass is 32.1. The molecule has 4 rings (SSSR count). The standard InChI is InChI=1S/C25H29F3S/c26-15-22-13-21(14-24(27)25(22)28)20-7-5-17(6-8-20)16-1-3-18(4-2-16)19-9-11-23(29)12-10-19/h5-8,13-14,16,18-19,23,29H,1-4,9-12,15H2. The molecule has 0 aliphatic heterocycles. The zero-order valence-corrected chi connectivity index (χ0v) is 17.6. The zero-order valence-electron chi connectivity index (χ0n) is 16.7. The second kappa shape index (κ2) is 9.16. The van der Waals surface area contributed by atoms with Crippen molar-refractivity contribution in [3.05, 3.63) is 59.2 Å². The molecule has 0 N–H and O–H groups in total. The Balaban J connectivity index is 1.40. The summed E-state index contributed by atoms with van der Waals surface area (Å²) in [6.07, 6.45) is 10.3. The van der Waals surface area contributed by atoms with Gasteiger partial charge in [-0.2, -0.15) is 12.6 Å². The Labute approximate surface area is 177 Å². The fourth-order valence-corrected chi connectivity index (χ4v) is 5.65. The van der Waals surface area contributed by atoms with E-state index in [1.165, 1.54) is 63.0 Å². The van der Waals surface area contributed by atoms with E-state index in [0.717, 1.165) is 23.5 Å². The molecule has 0 saturated heterocycles. The van der Waals surface area contributed by atoms with Crippen molar-refractivity contribution < 1.29 is 13.2 Å². The van der Waals surface area contributed by atoms with Crippen molar-refractivity contribution >= 4 is 12.6 Å². The average Bonchev–Trinajstić information content (AvgIpc) is 2.76. The Morgan fingerprint density at radius 1 is 0.759 bits per heavy atom. The highest BCUT2D eigenvalue weighted by molar-refractivity contribution is 7.80. The summed E-state index contributed by atoms with van der Waals surface area (Å²) in [6, 6.07) is 10.6. The molecule has 2 aliphatic carbocycles. The summed E-state index contributed by atoms with van der Waals surface area (Å²) in [4.78, 5) is 0. The van der Waals surface area contributed by atoms with Gasteiger partial charge in [-0.1, -0.05) is 24.3 Å². The van der Waals surface area contributed by atoms with Crippen LogP contribution in [-0.4, -0.2) is 5.25 Å². The SMILES string of the molecule is FCc1cc(-c2ccc(C3CCC(C4CCC(S)CC4)CC3)cc2)cc(F)c1F. The van der Waals surface area contributed by atoms with Crippen LogP contribution in [0.5, 0.6) is 0 Å². The molecule has 0 heterocycles. The topological polar surface area (TPSA) is 0 Å². The second-order valence-corrected chi connectivity index (χ2v) is 9.60. The lowest BCUT2D eigenvalue weighted by atomic mass is 9.70. The van der Waals surface area contributed by atoms with Crippen molar-refractivity contribution in [1.82, 2.24) is 0 Å². The van der Waals surface area contributed by atoms with Crippen LogP contribution in [0.25, 0.3) is 11.1 Å². The highest BCUT2D eigenvalue weighted by Gasteiger charge is 2.30. The smallest absolute Gasteiger partial charge is 0.164 e. The Kier molecular flexibility index (Phi) is 6.58. The van der Waals surface area contributed by atoms with E-state index in [4.69, 9.17) is 0 Å². The summed E-state index contributed by atoms with van der Waals surface area (Å²) in [7, 11) is 0. The maximum absolute atomic E-state index is 13.7. The number of hydrogen-bond donors (Lipinski definition) is 1. The predicted molar refractivity (Wildman–Crippen MR) is 116 cm³/mol. The molecule has 0 spiro atoms. The number of benzene rings is 2. The van der Waals surface area contributed by atoms with E-state index >= 15 is 0 Å². The van der Waals surface area contributed by atoms with Crippen LogP contribution in [-0.2, 0) is 6.67 Å². The van der Waals surface area contributed by atoms with E-state index in [9.17, 15) is 13.2 Å². The minimum Gasteiger partial charge on any atom is -0.246 e. The first-order valence-corrected chi connectivity index (χ1v) is 11.4. The molecule has 2 saturated carbocycles. The summed E-state index contributed by atoms with van der Waals surface area (Å²) in [6.45, 7) is -1.01. The Hall–Kier alpha value is -1.42.